The van der Waals surface area contributed by atoms with Crippen LogP contribution in [0.5, 0.6) is 0 Å². The molecule has 0 spiro atoms. The summed E-state index contributed by atoms with van der Waals surface area (Å²) < 4.78 is 39.6. The maximum Gasteiger partial charge on any atom is 0.417 e. The van der Waals surface area contributed by atoms with E-state index >= 15 is 0 Å². The zero-order valence-electron chi connectivity index (χ0n) is 15.6. The Hall–Kier alpha value is -2.82. The van der Waals surface area contributed by atoms with Crippen molar-refractivity contribution in [3.63, 3.8) is 0 Å². The Labute approximate surface area is 168 Å². The van der Waals surface area contributed by atoms with Crippen LogP contribution < -0.4 is 5.32 Å². The Balaban J connectivity index is 1.49. The van der Waals surface area contributed by atoms with Gasteiger partial charge in [0, 0.05) is 23.4 Å². The second kappa shape index (κ2) is 7.21. The molecule has 0 atom stereocenters. The molecule has 152 valence electrons. The van der Waals surface area contributed by atoms with E-state index in [1.54, 1.807) is 13.8 Å². The maximum atomic E-state index is 12.7. The fourth-order valence-corrected chi connectivity index (χ4v) is 3.87. The Morgan fingerprint density at radius 3 is 2.66 bits per heavy atom. The number of aromatic nitrogens is 5. The molecular weight excluding hydrogens is 405 g/mol. The fourth-order valence-electron chi connectivity index (χ4n) is 2.94. The summed E-state index contributed by atoms with van der Waals surface area (Å²) in [5.74, 6) is 0.468. The SMILES string of the molecule is Cc1nn(-c2ccc(C(F)(F)F)cn2)c(C)c1CC(=O)Nc1nnc(C2CC2)s1. The largest absolute Gasteiger partial charge is 0.417 e. The summed E-state index contributed by atoms with van der Waals surface area (Å²) in [4.78, 5) is 16.3. The van der Waals surface area contributed by atoms with Crippen molar-refractivity contribution < 1.29 is 18.0 Å². The first kappa shape index (κ1) is 19.5. The minimum absolute atomic E-state index is 0.0661. The lowest BCUT2D eigenvalue weighted by molar-refractivity contribution is -0.137. The molecule has 0 saturated heterocycles. The summed E-state index contributed by atoms with van der Waals surface area (Å²) in [5, 5.41) is 16.6. The number of nitrogens with zero attached hydrogens (tertiary/aromatic N) is 5. The van der Waals surface area contributed by atoms with Gasteiger partial charge in [-0.3, -0.25) is 4.79 Å². The number of hydrogen-bond acceptors (Lipinski definition) is 6. The van der Waals surface area contributed by atoms with Gasteiger partial charge in [-0.15, -0.1) is 10.2 Å². The van der Waals surface area contributed by atoms with Crippen molar-refractivity contribution in [2.24, 2.45) is 0 Å². The topological polar surface area (TPSA) is 85.6 Å². The smallest absolute Gasteiger partial charge is 0.300 e. The van der Waals surface area contributed by atoms with E-state index in [0.29, 0.717) is 28.0 Å². The predicted octanol–water partition coefficient (Wildman–Crippen LogP) is 3.81. The molecule has 0 aromatic carbocycles. The van der Waals surface area contributed by atoms with Gasteiger partial charge < -0.3 is 5.32 Å². The first-order valence-corrected chi connectivity index (χ1v) is 9.76. The van der Waals surface area contributed by atoms with Crippen LogP contribution in [0.25, 0.3) is 5.82 Å². The molecule has 1 amide bonds. The summed E-state index contributed by atoms with van der Waals surface area (Å²) in [7, 11) is 0. The minimum Gasteiger partial charge on any atom is -0.300 e. The number of rotatable bonds is 5. The molecule has 1 aliphatic carbocycles. The van der Waals surface area contributed by atoms with Gasteiger partial charge in [-0.1, -0.05) is 11.3 Å². The van der Waals surface area contributed by atoms with Crippen LogP contribution in [-0.2, 0) is 17.4 Å². The van der Waals surface area contributed by atoms with E-state index in [1.165, 1.54) is 22.1 Å². The molecule has 1 fully saturated rings. The number of amides is 1. The van der Waals surface area contributed by atoms with Gasteiger partial charge in [0.1, 0.15) is 5.01 Å². The third kappa shape index (κ3) is 4.14. The lowest BCUT2D eigenvalue weighted by Gasteiger charge is -2.08. The number of alkyl halides is 3. The van der Waals surface area contributed by atoms with Gasteiger partial charge in [-0.25, -0.2) is 9.67 Å². The molecule has 0 unspecified atom stereocenters. The van der Waals surface area contributed by atoms with Gasteiger partial charge in [-0.2, -0.15) is 18.3 Å². The number of carbonyl (C=O) groups is 1. The van der Waals surface area contributed by atoms with Crippen molar-refractivity contribution in [2.75, 3.05) is 5.32 Å². The summed E-state index contributed by atoms with van der Waals surface area (Å²) >= 11 is 1.38. The summed E-state index contributed by atoms with van der Waals surface area (Å²) in [6.45, 7) is 3.49. The summed E-state index contributed by atoms with van der Waals surface area (Å²) in [6.07, 6.45) is -1.40. The van der Waals surface area contributed by atoms with Crippen LogP contribution in [0, 0.1) is 13.8 Å². The predicted molar refractivity (Wildman–Crippen MR) is 100 cm³/mol. The number of carbonyl (C=O) groups excluding carboxylic acids is 1. The molecular formula is C18H17F3N6OS. The molecule has 0 bridgehead atoms. The number of nitrogens with one attached hydrogen (secondary N) is 1. The molecule has 0 aliphatic heterocycles. The maximum absolute atomic E-state index is 12.7. The third-order valence-corrected chi connectivity index (χ3v) is 5.69. The normalized spacial score (nSPS) is 14.2. The molecule has 3 heterocycles. The van der Waals surface area contributed by atoms with Gasteiger partial charge >= 0.3 is 6.18 Å². The molecule has 3 aromatic rings. The van der Waals surface area contributed by atoms with E-state index in [0.717, 1.165) is 30.1 Å². The van der Waals surface area contributed by atoms with E-state index in [2.05, 4.69) is 25.6 Å². The Morgan fingerprint density at radius 2 is 2.03 bits per heavy atom. The Morgan fingerprint density at radius 1 is 1.28 bits per heavy atom. The van der Waals surface area contributed by atoms with Crippen molar-refractivity contribution in [2.45, 2.75) is 45.2 Å². The van der Waals surface area contributed by atoms with E-state index in [4.69, 9.17) is 0 Å². The van der Waals surface area contributed by atoms with E-state index in [-0.39, 0.29) is 18.1 Å². The van der Waals surface area contributed by atoms with Crippen LogP contribution in [0.4, 0.5) is 18.3 Å². The second-order valence-electron chi connectivity index (χ2n) is 6.91. The van der Waals surface area contributed by atoms with Crippen molar-refractivity contribution in [1.82, 2.24) is 25.0 Å². The fraction of sp³-hybridized carbons (Fsp3) is 0.389. The molecule has 1 aliphatic rings. The van der Waals surface area contributed by atoms with Gasteiger partial charge in [0.15, 0.2) is 5.82 Å². The zero-order chi connectivity index (χ0) is 20.8. The van der Waals surface area contributed by atoms with Crippen LogP contribution in [-0.4, -0.2) is 30.9 Å². The average molecular weight is 422 g/mol. The van der Waals surface area contributed by atoms with E-state index in [1.807, 2.05) is 0 Å². The number of aryl methyl sites for hydroxylation is 1. The molecule has 1 N–H and O–H groups in total. The van der Waals surface area contributed by atoms with Crippen LogP contribution in [0.3, 0.4) is 0 Å². The highest BCUT2D eigenvalue weighted by atomic mass is 32.1. The van der Waals surface area contributed by atoms with Crippen molar-refractivity contribution in [1.29, 1.82) is 0 Å². The molecule has 11 heteroatoms. The highest BCUT2D eigenvalue weighted by Crippen LogP contribution is 2.42. The number of anilines is 1. The molecule has 3 aromatic heterocycles. The highest BCUT2D eigenvalue weighted by Gasteiger charge is 2.31. The second-order valence-corrected chi connectivity index (χ2v) is 7.92. The first-order valence-electron chi connectivity index (χ1n) is 8.94. The van der Waals surface area contributed by atoms with Crippen LogP contribution in [0.15, 0.2) is 18.3 Å². The quantitative estimate of drug-likeness (QED) is 0.676. The van der Waals surface area contributed by atoms with Gasteiger partial charge in [0.2, 0.25) is 11.0 Å². The van der Waals surface area contributed by atoms with Gasteiger partial charge in [0.05, 0.1) is 17.7 Å². The Bertz CT molecular complexity index is 1050. The average Bonchev–Trinajstić information content (AvgIpc) is 3.36. The monoisotopic (exact) mass is 422 g/mol. The number of pyridine rings is 1. The number of halogens is 3. The van der Waals surface area contributed by atoms with Crippen LogP contribution in [0.1, 0.15) is 46.3 Å². The molecule has 4 rings (SSSR count). The van der Waals surface area contributed by atoms with Crippen LogP contribution >= 0.6 is 11.3 Å². The van der Waals surface area contributed by atoms with Crippen molar-refractivity contribution in [3.05, 3.63) is 45.9 Å². The molecule has 0 radical (unpaired) electrons. The highest BCUT2D eigenvalue weighted by molar-refractivity contribution is 7.15. The Kier molecular flexibility index (Phi) is 4.85. The summed E-state index contributed by atoms with van der Waals surface area (Å²) in [5.41, 5.74) is 1.11. The number of hydrogen-bond donors (Lipinski definition) is 1. The van der Waals surface area contributed by atoms with Crippen LogP contribution in [0.2, 0.25) is 0 Å². The third-order valence-electron chi connectivity index (χ3n) is 4.68. The zero-order valence-corrected chi connectivity index (χ0v) is 16.4. The molecule has 1 saturated carbocycles. The minimum atomic E-state index is -4.45. The molecule has 29 heavy (non-hydrogen) atoms. The van der Waals surface area contributed by atoms with Gasteiger partial charge in [0.25, 0.3) is 0 Å². The first-order chi connectivity index (χ1) is 13.7. The molecule has 7 nitrogen and oxygen atoms in total. The van der Waals surface area contributed by atoms with E-state index < -0.39 is 11.7 Å². The van der Waals surface area contributed by atoms with Crippen molar-refractivity contribution >= 4 is 22.4 Å². The standard InChI is InChI=1S/C18H17F3N6OS/c1-9-13(7-15(28)23-17-25-24-16(29-17)11-3-4-11)10(2)27(26-9)14-6-5-12(8-22-14)18(19,20)21/h5-6,8,11H,3-4,7H2,1-2H3,(H,23,25,28). The lowest BCUT2D eigenvalue weighted by Crippen LogP contribution is -2.15. The van der Waals surface area contributed by atoms with Crippen molar-refractivity contribution in [3.8, 4) is 5.82 Å². The van der Waals surface area contributed by atoms with Gasteiger partial charge in [-0.05, 0) is 38.8 Å². The van der Waals surface area contributed by atoms with E-state index in [9.17, 15) is 18.0 Å². The lowest BCUT2D eigenvalue weighted by atomic mass is 10.1. The summed E-state index contributed by atoms with van der Waals surface area (Å²) in [6, 6.07) is 2.21.